The molecule has 1 fully saturated rings. The minimum atomic E-state index is 0.0646. The van der Waals surface area contributed by atoms with E-state index in [4.69, 9.17) is 26.3 Å². The fraction of sp³-hybridized carbons (Fsp3) is 0.321. The Morgan fingerprint density at radius 1 is 1.09 bits per heavy atom. The highest BCUT2D eigenvalue weighted by atomic mass is 16.5. The lowest BCUT2D eigenvalue weighted by atomic mass is 10.0. The molecule has 2 heterocycles. The lowest BCUT2D eigenvalue weighted by molar-refractivity contribution is 0.130. The van der Waals surface area contributed by atoms with Gasteiger partial charge in [0.05, 0.1) is 22.6 Å². The van der Waals surface area contributed by atoms with Crippen LogP contribution in [0.2, 0.25) is 0 Å². The molecule has 0 bridgehead atoms. The summed E-state index contributed by atoms with van der Waals surface area (Å²) in [6.07, 6.45) is 2.74. The summed E-state index contributed by atoms with van der Waals surface area (Å²) in [5.41, 5.74) is 10.7. The lowest BCUT2D eigenvalue weighted by Gasteiger charge is -2.32. The first-order valence-corrected chi connectivity index (χ1v) is 12.2. The van der Waals surface area contributed by atoms with Crippen LogP contribution >= 0.6 is 0 Å². The van der Waals surface area contributed by atoms with Gasteiger partial charge in [0, 0.05) is 49.4 Å². The third-order valence-corrected chi connectivity index (χ3v) is 6.96. The second-order valence-corrected chi connectivity index (χ2v) is 9.31. The van der Waals surface area contributed by atoms with Gasteiger partial charge in [-0.15, -0.1) is 0 Å². The molecule has 0 aliphatic carbocycles. The molecule has 0 atom stereocenters. The summed E-state index contributed by atoms with van der Waals surface area (Å²) in [7, 11) is 0. The van der Waals surface area contributed by atoms with Crippen molar-refractivity contribution in [3.8, 4) is 11.4 Å². The van der Waals surface area contributed by atoms with Gasteiger partial charge in [-0.1, -0.05) is 31.2 Å². The monoisotopic (exact) mass is 468 g/mol. The van der Waals surface area contributed by atoms with Crippen molar-refractivity contribution in [2.24, 2.45) is 5.73 Å². The van der Waals surface area contributed by atoms with Crippen LogP contribution in [0.25, 0.3) is 27.5 Å². The van der Waals surface area contributed by atoms with Gasteiger partial charge in [-0.3, -0.25) is 15.4 Å². The molecule has 7 heteroatoms. The molecule has 5 rings (SSSR count). The largest absolute Gasteiger partial charge is 0.490 e. The molecule has 1 aromatic heterocycles. The fourth-order valence-electron chi connectivity index (χ4n) is 5.15. The van der Waals surface area contributed by atoms with Crippen LogP contribution in [-0.2, 0) is 6.42 Å². The maximum Gasteiger partial charge on any atom is 0.123 e. The third kappa shape index (κ3) is 4.11. The molecule has 180 valence electrons. The summed E-state index contributed by atoms with van der Waals surface area (Å²) in [5, 5.41) is 17.9. The van der Waals surface area contributed by atoms with Gasteiger partial charge >= 0.3 is 0 Å². The number of hydrogen-bond donors (Lipinski definition) is 3. The number of nitrogens with two attached hydrogens (primary N) is 1. The van der Waals surface area contributed by atoms with Gasteiger partial charge in [-0.25, -0.2) is 4.98 Å². The quantitative estimate of drug-likeness (QED) is 0.277. The number of aryl methyl sites for hydroxylation is 2. The second kappa shape index (κ2) is 9.06. The number of piperidine rings is 1. The number of amidine groups is 2. The van der Waals surface area contributed by atoms with Crippen molar-refractivity contribution >= 4 is 33.5 Å². The second-order valence-electron chi connectivity index (χ2n) is 9.31. The molecule has 3 aromatic carbocycles. The number of imidazole rings is 1. The van der Waals surface area contributed by atoms with Gasteiger partial charge in [-0.05, 0) is 43.0 Å². The van der Waals surface area contributed by atoms with Crippen LogP contribution < -0.4 is 10.5 Å². The summed E-state index contributed by atoms with van der Waals surface area (Å²) in [5.74, 6) is 2.53. The van der Waals surface area contributed by atoms with E-state index in [-0.39, 0.29) is 11.9 Å². The minimum Gasteiger partial charge on any atom is -0.490 e. The van der Waals surface area contributed by atoms with Crippen molar-refractivity contribution in [2.75, 3.05) is 13.1 Å². The van der Waals surface area contributed by atoms with E-state index in [1.807, 2.05) is 37.3 Å². The molecule has 0 spiro atoms. The summed E-state index contributed by atoms with van der Waals surface area (Å²) >= 11 is 0. The Labute approximate surface area is 205 Å². The summed E-state index contributed by atoms with van der Waals surface area (Å²) in [6.45, 7) is 7.76. The standard InChI is InChI=1S/C28H32N6O/c1-4-26-32-27-17(2)15-20(35-19-11-13-33(14-12-19)18(3)29)16-25(27)34(26)24-10-9-23(28(30)31)21-7-5-6-8-22(21)24/h5-10,15-16,19,29H,4,11-14H2,1-3H3,(H3,30,31). The maximum absolute atomic E-state index is 8.01. The first-order valence-electron chi connectivity index (χ1n) is 12.2. The van der Waals surface area contributed by atoms with Crippen LogP contribution in [0.4, 0.5) is 0 Å². The third-order valence-electron chi connectivity index (χ3n) is 6.96. The molecule has 4 N–H and O–H groups in total. The summed E-state index contributed by atoms with van der Waals surface area (Å²) < 4.78 is 8.69. The van der Waals surface area contributed by atoms with Crippen molar-refractivity contribution in [3.63, 3.8) is 0 Å². The van der Waals surface area contributed by atoms with Crippen LogP contribution in [0.3, 0.4) is 0 Å². The predicted octanol–water partition coefficient (Wildman–Crippen LogP) is 5.17. The van der Waals surface area contributed by atoms with E-state index >= 15 is 0 Å². The molecule has 1 aliphatic rings. The SMILES string of the molecule is CCc1nc2c(C)cc(OC3CCN(C(C)=N)CC3)cc2n1-c1ccc(C(=N)N)c2ccccc12. The van der Waals surface area contributed by atoms with E-state index in [2.05, 4.69) is 41.5 Å². The van der Waals surface area contributed by atoms with Gasteiger partial charge in [0.1, 0.15) is 23.5 Å². The molecule has 0 amide bonds. The average molecular weight is 469 g/mol. The molecule has 0 saturated carbocycles. The Kier molecular flexibility index (Phi) is 5.93. The van der Waals surface area contributed by atoms with Crippen molar-refractivity contribution in [2.45, 2.75) is 46.1 Å². The zero-order chi connectivity index (χ0) is 24.7. The average Bonchev–Trinajstić information content (AvgIpc) is 3.22. The number of benzene rings is 3. The zero-order valence-electron chi connectivity index (χ0n) is 20.6. The van der Waals surface area contributed by atoms with Gasteiger partial charge in [0.15, 0.2) is 0 Å². The highest BCUT2D eigenvalue weighted by Crippen LogP contribution is 2.33. The number of fused-ring (bicyclic) bond motifs is 2. The van der Waals surface area contributed by atoms with E-state index in [0.29, 0.717) is 5.84 Å². The number of rotatable bonds is 5. The van der Waals surface area contributed by atoms with Crippen LogP contribution in [-0.4, -0.2) is 45.3 Å². The normalized spacial score (nSPS) is 14.5. The Bertz CT molecular complexity index is 1450. The predicted molar refractivity (Wildman–Crippen MR) is 142 cm³/mol. The highest BCUT2D eigenvalue weighted by Gasteiger charge is 2.22. The highest BCUT2D eigenvalue weighted by molar-refractivity contribution is 6.10. The summed E-state index contributed by atoms with van der Waals surface area (Å²) in [4.78, 5) is 7.10. The number of hydrogen-bond acceptors (Lipinski definition) is 4. The van der Waals surface area contributed by atoms with Gasteiger partial charge in [0.2, 0.25) is 0 Å². The van der Waals surface area contributed by atoms with E-state index in [0.717, 1.165) is 82.5 Å². The molecule has 0 radical (unpaired) electrons. The molecular weight excluding hydrogens is 436 g/mol. The smallest absolute Gasteiger partial charge is 0.123 e. The van der Waals surface area contributed by atoms with E-state index in [9.17, 15) is 0 Å². The number of likely N-dealkylation sites (tertiary alicyclic amines) is 1. The Morgan fingerprint density at radius 2 is 1.80 bits per heavy atom. The number of nitrogens with one attached hydrogen (secondary N) is 2. The van der Waals surface area contributed by atoms with Crippen LogP contribution in [0, 0.1) is 17.7 Å². The molecular formula is C28H32N6O. The molecule has 0 unspecified atom stereocenters. The molecule has 4 aromatic rings. The number of nitrogen functional groups attached to an aromatic ring is 1. The Morgan fingerprint density at radius 3 is 2.46 bits per heavy atom. The van der Waals surface area contributed by atoms with Crippen molar-refractivity contribution in [1.82, 2.24) is 14.5 Å². The van der Waals surface area contributed by atoms with E-state index in [1.54, 1.807) is 0 Å². The minimum absolute atomic E-state index is 0.0646. The van der Waals surface area contributed by atoms with E-state index in [1.165, 1.54) is 0 Å². The van der Waals surface area contributed by atoms with E-state index < -0.39 is 0 Å². The number of nitrogens with zero attached hydrogens (tertiary/aromatic N) is 3. The first-order chi connectivity index (χ1) is 16.9. The lowest BCUT2D eigenvalue weighted by Crippen LogP contribution is -2.40. The molecule has 1 aliphatic heterocycles. The van der Waals surface area contributed by atoms with Gasteiger partial charge in [-0.2, -0.15) is 0 Å². The molecule has 35 heavy (non-hydrogen) atoms. The number of aromatic nitrogens is 2. The number of ether oxygens (including phenoxy) is 1. The summed E-state index contributed by atoms with van der Waals surface area (Å²) in [6, 6.07) is 16.3. The van der Waals surface area contributed by atoms with Crippen molar-refractivity contribution in [3.05, 3.63) is 65.5 Å². The Hall–Kier alpha value is -3.87. The maximum atomic E-state index is 8.01. The molecule has 7 nitrogen and oxygen atoms in total. The zero-order valence-corrected chi connectivity index (χ0v) is 20.6. The van der Waals surface area contributed by atoms with Crippen molar-refractivity contribution < 1.29 is 4.74 Å². The van der Waals surface area contributed by atoms with Gasteiger partial charge in [0.25, 0.3) is 0 Å². The molecule has 1 saturated heterocycles. The van der Waals surface area contributed by atoms with Crippen LogP contribution in [0.15, 0.2) is 48.5 Å². The first kappa shape index (κ1) is 22.9. The van der Waals surface area contributed by atoms with Crippen LogP contribution in [0.5, 0.6) is 5.75 Å². The van der Waals surface area contributed by atoms with Crippen LogP contribution in [0.1, 0.15) is 43.6 Å². The van der Waals surface area contributed by atoms with Gasteiger partial charge < -0.3 is 15.4 Å². The fourth-order valence-corrected chi connectivity index (χ4v) is 5.15. The Balaban J connectivity index is 1.61. The topological polar surface area (TPSA) is 104 Å². The van der Waals surface area contributed by atoms with Crippen molar-refractivity contribution in [1.29, 1.82) is 10.8 Å².